The Morgan fingerprint density at radius 3 is 2.00 bits per heavy atom. The van der Waals surface area contributed by atoms with Crippen molar-refractivity contribution in [2.24, 2.45) is 0 Å². The molecular weight excluding hydrogens is 604 g/mol. The molecule has 3 rings (SSSR count). The fourth-order valence-corrected chi connectivity index (χ4v) is 5.97. The van der Waals surface area contributed by atoms with Crippen LogP contribution >= 0.6 is 46.4 Å². The summed E-state index contributed by atoms with van der Waals surface area (Å²) in [6.07, 6.45) is 0. The lowest BCUT2D eigenvalue weighted by atomic mass is 10.1. The van der Waals surface area contributed by atoms with Crippen LogP contribution in [0.15, 0.2) is 71.6 Å². The molecule has 0 aliphatic heterocycles. The van der Waals surface area contributed by atoms with Crippen molar-refractivity contribution in [3.8, 4) is 0 Å². The van der Waals surface area contributed by atoms with Gasteiger partial charge in [0.2, 0.25) is 11.8 Å². The number of halogens is 4. The van der Waals surface area contributed by atoms with Crippen molar-refractivity contribution < 1.29 is 18.0 Å². The van der Waals surface area contributed by atoms with Crippen LogP contribution < -0.4 is 9.62 Å². The predicted octanol–water partition coefficient (Wildman–Crippen LogP) is 6.44. The zero-order chi connectivity index (χ0) is 28.9. The van der Waals surface area contributed by atoms with Gasteiger partial charge in [-0.2, -0.15) is 0 Å². The molecule has 0 fully saturated rings. The SMILES string of the molecule is CC(C)NC(=O)[C@H](C)N(Cc1c(Cl)cccc1Cl)C(=O)CN(c1ccc(Cl)c(Cl)c1)S(=O)(=O)c1ccccc1. The second-order valence-corrected chi connectivity index (χ2v) is 12.5. The first kappa shape index (κ1) is 31.0. The van der Waals surface area contributed by atoms with Crippen LogP contribution in [0.4, 0.5) is 5.69 Å². The first-order valence-electron chi connectivity index (χ1n) is 11.9. The molecule has 0 spiro atoms. The van der Waals surface area contributed by atoms with E-state index in [0.717, 1.165) is 4.31 Å². The maximum atomic E-state index is 13.9. The quantitative estimate of drug-likeness (QED) is 0.279. The summed E-state index contributed by atoms with van der Waals surface area (Å²) in [5, 5.41) is 3.72. The van der Waals surface area contributed by atoms with Crippen molar-refractivity contribution in [2.75, 3.05) is 10.8 Å². The molecule has 12 heteroatoms. The van der Waals surface area contributed by atoms with Gasteiger partial charge >= 0.3 is 0 Å². The third kappa shape index (κ3) is 7.58. The molecule has 0 saturated carbocycles. The van der Waals surface area contributed by atoms with Crippen LogP contribution in [0.1, 0.15) is 26.3 Å². The van der Waals surface area contributed by atoms with Gasteiger partial charge in [-0.25, -0.2) is 8.42 Å². The van der Waals surface area contributed by atoms with Gasteiger partial charge in [0.15, 0.2) is 0 Å². The Labute approximate surface area is 248 Å². The summed E-state index contributed by atoms with van der Waals surface area (Å²) >= 11 is 25.0. The first-order valence-corrected chi connectivity index (χ1v) is 14.8. The number of sulfonamides is 1. The lowest BCUT2D eigenvalue weighted by molar-refractivity contribution is -0.139. The number of nitrogens with one attached hydrogen (secondary N) is 1. The second kappa shape index (κ2) is 13.2. The van der Waals surface area contributed by atoms with Gasteiger partial charge in [-0.05, 0) is 63.2 Å². The van der Waals surface area contributed by atoms with E-state index < -0.39 is 34.4 Å². The number of hydrogen-bond acceptors (Lipinski definition) is 4. The zero-order valence-corrected chi connectivity index (χ0v) is 25.2. The third-order valence-electron chi connectivity index (χ3n) is 5.79. The number of benzene rings is 3. The molecule has 1 atom stereocenters. The number of rotatable bonds is 10. The normalized spacial score (nSPS) is 12.2. The molecule has 0 aromatic heterocycles. The molecule has 2 amide bonds. The molecule has 0 aliphatic carbocycles. The van der Waals surface area contributed by atoms with Crippen molar-refractivity contribution in [2.45, 2.75) is 44.3 Å². The zero-order valence-electron chi connectivity index (χ0n) is 21.4. The smallest absolute Gasteiger partial charge is 0.264 e. The van der Waals surface area contributed by atoms with Crippen LogP contribution in [0.25, 0.3) is 0 Å². The molecule has 0 radical (unpaired) electrons. The summed E-state index contributed by atoms with van der Waals surface area (Å²) in [5.41, 5.74) is 0.544. The van der Waals surface area contributed by atoms with Crippen LogP contribution in [0.5, 0.6) is 0 Å². The fraction of sp³-hybridized carbons (Fsp3) is 0.259. The summed E-state index contributed by atoms with van der Waals surface area (Å²) in [7, 11) is -4.24. The van der Waals surface area contributed by atoms with Gasteiger partial charge in [-0.15, -0.1) is 0 Å². The fourth-order valence-electron chi connectivity index (χ4n) is 3.73. The lowest BCUT2D eigenvalue weighted by Gasteiger charge is -2.32. The lowest BCUT2D eigenvalue weighted by Crippen LogP contribution is -2.52. The molecule has 208 valence electrons. The van der Waals surface area contributed by atoms with Crippen molar-refractivity contribution in [3.63, 3.8) is 0 Å². The Balaban J connectivity index is 2.08. The average molecular weight is 631 g/mol. The largest absolute Gasteiger partial charge is 0.352 e. The van der Waals surface area contributed by atoms with Crippen LogP contribution in [0.2, 0.25) is 20.1 Å². The molecule has 0 aliphatic rings. The number of carbonyl (C=O) groups is 2. The summed E-state index contributed by atoms with van der Waals surface area (Å²) in [6.45, 7) is 4.36. The molecule has 0 unspecified atom stereocenters. The standard InChI is InChI=1S/C27H27Cl4N3O4S/c1-17(2)32-27(36)18(3)33(15-21-22(28)10-7-11-23(21)29)26(35)16-34(19-12-13-24(30)25(31)14-19)39(37,38)20-8-5-4-6-9-20/h4-14,17-18H,15-16H2,1-3H3,(H,32,36)/t18-/m0/s1. The molecule has 3 aromatic carbocycles. The topological polar surface area (TPSA) is 86.8 Å². The number of carbonyl (C=O) groups excluding carboxylic acids is 2. The van der Waals surface area contributed by atoms with Gasteiger partial charge in [0.05, 0.1) is 20.6 Å². The molecule has 0 heterocycles. The second-order valence-electron chi connectivity index (χ2n) is 8.98. The van der Waals surface area contributed by atoms with E-state index in [1.165, 1.54) is 35.2 Å². The Morgan fingerprint density at radius 1 is 0.821 bits per heavy atom. The molecule has 1 N–H and O–H groups in total. The van der Waals surface area contributed by atoms with E-state index in [9.17, 15) is 18.0 Å². The highest BCUT2D eigenvalue weighted by Gasteiger charge is 2.33. The van der Waals surface area contributed by atoms with Crippen molar-refractivity contribution >= 4 is 73.9 Å². The van der Waals surface area contributed by atoms with E-state index in [2.05, 4.69) is 5.32 Å². The Hall–Kier alpha value is -2.49. The van der Waals surface area contributed by atoms with Gasteiger partial charge in [0.1, 0.15) is 12.6 Å². The minimum atomic E-state index is -4.24. The van der Waals surface area contributed by atoms with Crippen LogP contribution in [-0.4, -0.2) is 43.8 Å². The highest BCUT2D eigenvalue weighted by atomic mass is 35.5. The molecule has 7 nitrogen and oxygen atoms in total. The van der Waals surface area contributed by atoms with E-state index in [1.807, 2.05) is 0 Å². The predicted molar refractivity (Wildman–Crippen MR) is 157 cm³/mol. The maximum absolute atomic E-state index is 13.9. The van der Waals surface area contributed by atoms with Gasteiger partial charge in [0.25, 0.3) is 10.0 Å². The summed E-state index contributed by atoms with van der Waals surface area (Å²) in [5.74, 6) is -1.09. The average Bonchev–Trinajstić information content (AvgIpc) is 2.88. The highest BCUT2D eigenvalue weighted by Crippen LogP contribution is 2.31. The van der Waals surface area contributed by atoms with E-state index in [1.54, 1.807) is 57.2 Å². The van der Waals surface area contributed by atoms with Crippen LogP contribution in [0, 0.1) is 0 Å². The van der Waals surface area contributed by atoms with Gasteiger partial charge in [0, 0.05) is 28.2 Å². The number of anilines is 1. The van der Waals surface area contributed by atoms with Crippen molar-refractivity contribution in [3.05, 3.63) is 92.4 Å². The van der Waals surface area contributed by atoms with Crippen LogP contribution in [-0.2, 0) is 26.2 Å². The summed E-state index contributed by atoms with van der Waals surface area (Å²) < 4.78 is 28.5. The number of nitrogens with zero attached hydrogens (tertiary/aromatic N) is 2. The van der Waals surface area contributed by atoms with E-state index in [0.29, 0.717) is 15.6 Å². The van der Waals surface area contributed by atoms with Crippen LogP contribution in [0.3, 0.4) is 0 Å². The van der Waals surface area contributed by atoms with Crippen molar-refractivity contribution in [1.29, 1.82) is 0 Å². The van der Waals surface area contributed by atoms with Gasteiger partial charge in [-0.1, -0.05) is 70.7 Å². The van der Waals surface area contributed by atoms with Gasteiger partial charge < -0.3 is 10.2 Å². The number of hydrogen-bond donors (Lipinski definition) is 1. The summed E-state index contributed by atoms with van der Waals surface area (Å²) in [4.78, 5) is 28.1. The molecule has 0 saturated heterocycles. The highest BCUT2D eigenvalue weighted by molar-refractivity contribution is 7.92. The Bertz CT molecular complexity index is 1430. The Morgan fingerprint density at radius 2 is 1.44 bits per heavy atom. The molecule has 3 aromatic rings. The molecule has 0 bridgehead atoms. The maximum Gasteiger partial charge on any atom is 0.264 e. The van der Waals surface area contributed by atoms with Gasteiger partial charge in [-0.3, -0.25) is 13.9 Å². The molecule has 39 heavy (non-hydrogen) atoms. The summed E-state index contributed by atoms with van der Waals surface area (Å²) in [6, 6.07) is 15.6. The minimum absolute atomic E-state index is 0.0322. The number of amides is 2. The first-order chi connectivity index (χ1) is 18.3. The third-order valence-corrected chi connectivity index (χ3v) is 9.02. The van der Waals surface area contributed by atoms with E-state index in [-0.39, 0.29) is 33.2 Å². The monoisotopic (exact) mass is 629 g/mol. The minimum Gasteiger partial charge on any atom is -0.352 e. The Kier molecular flexibility index (Phi) is 10.5. The van der Waals surface area contributed by atoms with E-state index in [4.69, 9.17) is 46.4 Å². The van der Waals surface area contributed by atoms with Crippen molar-refractivity contribution in [1.82, 2.24) is 10.2 Å². The van der Waals surface area contributed by atoms with E-state index >= 15 is 0 Å². The molecular formula is C27H27Cl4N3O4S.